The molecule has 2 heterocycles. The van der Waals surface area contributed by atoms with Gasteiger partial charge in [-0.15, -0.1) is 0 Å². The Kier molecular flexibility index (Phi) is 3.31. The van der Waals surface area contributed by atoms with E-state index in [-0.39, 0.29) is 5.56 Å². The number of nitrogens with one attached hydrogen (secondary N) is 2. The summed E-state index contributed by atoms with van der Waals surface area (Å²) >= 11 is 0. The highest BCUT2D eigenvalue weighted by atomic mass is 16.1. The Bertz CT molecular complexity index is 637. The Morgan fingerprint density at radius 2 is 2.32 bits per heavy atom. The Hall–Kier alpha value is -1.72. The van der Waals surface area contributed by atoms with E-state index in [9.17, 15) is 4.79 Å². The molecule has 100 valence electrons. The van der Waals surface area contributed by atoms with E-state index < -0.39 is 0 Å². The van der Waals surface area contributed by atoms with Gasteiger partial charge in [0.05, 0.1) is 11.0 Å². The minimum Gasteiger partial charge on any atom is -0.319 e. The molecule has 1 saturated heterocycles. The Morgan fingerprint density at radius 3 is 3.11 bits per heavy atom. The van der Waals surface area contributed by atoms with Gasteiger partial charge in [0.1, 0.15) is 5.69 Å². The molecule has 1 aromatic heterocycles. The maximum Gasteiger partial charge on any atom is 0.271 e. The number of hydrogen-bond donors (Lipinski definition) is 2. The number of para-hydroxylation sites is 2. The van der Waals surface area contributed by atoms with Gasteiger partial charge < -0.3 is 10.3 Å². The van der Waals surface area contributed by atoms with E-state index in [1.165, 1.54) is 0 Å². The van der Waals surface area contributed by atoms with Crippen molar-refractivity contribution in [2.24, 2.45) is 0 Å². The van der Waals surface area contributed by atoms with Crippen molar-refractivity contribution in [3.63, 3.8) is 0 Å². The van der Waals surface area contributed by atoms with Crippen molar-refractivity contribution in [3.05, 3.63) is 40.3 Å². The molecule has 0 radical (unpaired) electrons. The number of nitrogens with zero attached hydrogens (tertiary/aromatic N) is 2. The van der Waals surface area contributed by atoms with Crippen LogP contribution in [0, 0.1) is 0 Å². The summed E-state index contributed by atoms with van der Waals surface area (Å²) in [7, 11) is 1.98. The number of hydrogen-bond acceptors (Lipinski definition) is 4. The molecule has 1 aromatic carbocycles. The van der Waals surface area contributed by atoms with Crippen LogP contribution in [0.5, 0.6) is 0 Å². The second kappa shape index (κ2) is 5.11. The molecule has 0 amide bonds. The van der Waals surface area contributed by atoms with E-state index in [1.54, 1.807) is 0 Å². The average Bonchev–Trinajstić information content (AvgIpc) is 2.87. The highest BCUT2D eigenvalue weighted by Crippen LogP contribution is 2.12. The molecule has 2 N–H and O–H groups in total. The summed E-state index contributed by atoms with van der Waals surface area (Å²) < 4.78 is 0. The zero-order valence-electron chi connectivity index (χ0n) is 11.0. The molecule has 19 heavy (non-hydrogen) atoms. The number of aromatic nitrogens is 2. The second-order valence-electron chi connectivity index (χ2n) is 5.04. The monoisotopic (exact) mass is 258 g/mol. The number of likely N-dealkylation sites (tertiary alicyclic amines) is 1. The van der Waals surface area contributed by atoms with Crippen molar-refractivity contribution in [3.8, 4) is 0 Å². The van der Waals surface area contributed by atoms with Crippen molar-refractivity contribution in [1.29, 1.82) is 0 Å². The third kappa shape index (κ3) is 2.52. The molecule has 3 rings (SSSR count). The SMILES string of the molecule is CNC1CCN(Cc2nc3ccccc3[nH]c2=O)C1. The van der Waals surface area contributed by atoms with Gasteiger partial charge in [0.25, 0.3) is 5.56 Å². The average molecular weight is 258 g/mol. The van der Waals surface area contributed by atoms with Gasteiger partial charge in [0.2, 0.25) is 0 Å². The molecule has 1 atom stereocenters. The lowest BCUT2D eigenvalue weighted by atomic mass is 10.3. The van der Waals surface area contributed by atoms with Crippen molar-refractivity contribution >= 4 is 11.0 Å². The van der Waals surface area contributed by atoms with Crippen LogP contribution >= 0.6 is 0 Å². The maximum atomic E-state index is 12.0. The molecule has 0 bridgehead atoms. The molecule has 1 fully saturated rings. The van der Waals surface area contributed by atoms with Gasteiger partial charge in [-0.25, -0.2) is 4.98 Å². The normalized spacial score (nSPS) is 20.2. The number of H-pyrrole nitrogens is 1. The van der Waals surface area contributed by atoms with Crippen LogP contribution in [0.2, 0.25) is 0 Å². The van der Waals surface area contributed by atoms with Gasteiger partial charge in [0, 0.05) is 25.7 Å². The Balaban J connectivity index is 1.85. The van der Waals surface area contributed by atoms with Crippen molar-refractivity contribution < 1.29 is 0 Å². The Morgan fingerprint density at radius 1 is 1.47 bits per heavy atom. The van der Waals surface area contributed by atoms with Crippen molar-refractivity contribution in [2.75, 3.05) is 20.1 Å². The molecule has 0 aliphatic carbocycles. The minimum absolute atomic E-state index is 0.0772. The molecule has 1 aliphatic heterocycles. The van der Waals surface area contributed by atoms with Crippen molar-refractivity contribution in [1.82, 2.24) is 20.2 Å². The summed E-state index contributed by atoms with van der Waals surface area (Å²) in [6, 6.07) is 8.16. The Labute approximate surface area is 111 Å². The third-order valence-electron chi connectivity index (χ3n) is 3.72. The summed E-state index contributed by atoms with van der Waals surface area (Å²) in [6.07, 6.45) is 1.13. The fraction of sp³-hybridized carbons (Fsp3) is 0.429. The number of likely N-dealkylation sites (N-methyl/N-ethyl adjacent to an activating group) is 1. The maximum absolute atomic E-state index is 12.0. The summed E-state index contributed by atoms with van der Waals surface area (Å²) in [5.41, 5.74) is 2.18. The van der Waals surface area contributed by atoms with Crippen LogP contribution in [0.25, 0.3) is 11.0 Å². The van der Waals surface area contributed by atoms with Crippen LogP contribution in [0.1, 0.15) is 12.1 Å². The van der Waals surface area contributed by atoms with Gasteiger partial charge in [-0.3, -0.25) is 9.69 Å². The lowest BCUT2D eigenvalue weighted by molar-refractivity contribution is 0.317. The molecule has 5 nitrogen and oxygen atoms in total. The molecular formula is C14H18N4O. The summed E-state index contributed by atoms with van der Waals surface area (Å²) in [4.78, 5) is 21.7. The standard InChI is InChI=1S/C14H18N4O/c1-15-10-6-7-18(8-10)9-13-14(19)17-12-5-3-2-4-11(12)16-13/h2-5,10,15H,6-9H2,1H3,(H,17,19). The summed E-state index contributed by atoms with van der Waals surface area (Å²) in [6.45, 7) is 2.61. The molecular weight excluding hydrogens is 240 g/mol. The molecule has 0 spiro atoms. The van der Waals surface area contributed by atoms with Gasteiger partial charge in [-0.1, -0.05) is 12.1 Å². The van der Waals surface area contributed by atoms with Gasteiger partial charge in [-0.05, 0) is 25.6 Å². The lowest BCUT2D eigenvalue weighted by Crippen LogP contribution is -2.31. The first kappa shape index (κ1) is 12.3. The minimum atomic E-state index is -0.0772. The molecule has 2 aromatic rings. The van der Waals surface area contributed by atoms with Crippen LogP contribution < -0.4 is 10.9 Å². The van der Waals surface area contributed by atoms with E-state index in [2.05, 4.69) is 20.2 Å². The molecule has 0 saturated carbocycles. The quantitative estimate of drug-likeness (QED) is 0.851. The zero-order valence-corrected chi connectivity index (χ0v) is 11.0. The largest absolute Gasteiger partial charge is 0.319 e. The highest BCUT2D eigenvalue weighted by Gasteiger charge is 2.22. The van der Waals surface area contributed by atoms with Gasteiger partial charge >= 0.3 is 0 Å². The van der Waals surface area contributed by atoms with E-state index in [4.69, 9.17) is 0 Å². The fourth-order valence-electron chi connectivity index (χ4n) is 2.60. The first-order valence-corrected chi connectivity index (χ1v) is 6.64. The number of aromatic amines is 1. The van der Waals surface area contributed by atoms with E-state index in [0.717, 1.165) is 30.5 Å². The van der Waals surface area contributed by atoms with E-state index in [0.29, 0.717) is 18.3 Å². The molecule has 5 heteroatoms. The third-order valence-corrected chi connectivity index (χ3v) is 3.72. The van der Waals surface area contributed by atoms with E-state index >= 15 is 0 Å². The number of rotatable bonds is 3. The topological polar surface area (TPSA) is 61.0 Å². The smallest absolute Gasteiger partial charge is 0.271 e. The fourth-order valence-corrected chi connectivity index (χ4v) is 2.60. The molecule has 1 aliphatic rings. The highest BCUT2D eigenvalue weighted by molar-refractivity contribution is 5.73. The first-order chi connectivity index (χ1) is 9.26. The lowest BCUT2D eigenvalue weighted by Gasteiger charge is -2.14. The van der Waals surface area contributed by atoms with Crippen LogP contribution in [0.15, 0.2) is 29.1 Å². The van der Waals surface area contributed by atoms with Crippen molar-refractivity contribution in [2.45, 2.75) is 19.0 Å². The zero-order chi connectivity index (χ0) is 13.2. The van der Waals surface area contributed by atoms with Crippen LogP contribution in [-0.2, 0) is 6.54 Å². The van der Waals surface area contributed by atoms with Gasteiger partial charge in [0.15, 0.2) is 0 Å². The first-order valence-electron chi connectivity index (χ1n) is 6.64. The predicted octanol–water partition coefficient (Wildman–Crippen LogP) is 0.717. The second-order valence-corrected chi connectivity index (χ2v) is 5.04. The summed E-state index contributed by atoms with van der Waals surface area (Å²) in [5.74, 6) is 0. The van der Waals surface area contributed by atoms with E-state index in [1.807, 2.05) is 31.3 Å². The number of fused-ring (bicyclic) bond motifs is 1. The number of benzene rings is 1. The molecule has 1 unspecified atom stereocenters. The predicted molar refractivity (Wildman–Crippen MR) is 75.1 cm³/mol. The van der Waals surface area contributed by atoms with Crippen LogP contribution in [0.4, 0.5) is 0 Å². The van der Waals surface area contributed by atoms with Gasteiger partial charge in [-0.2, -0.15) is 0 Å². The van der Waals surface area contributed by atoms with Crippen LogP contribution in [-0.4, -0.2) is 41.0 Å². The summed E-state index contributed by atoms with van der Waals surface area (Å²) in [5, 5.41) is 3.28. The van der Waals surface area contributed by atoms with Crippen LogP contribution in [0.3, 0.4) is 0 Å².